The maximum Gasteiger partial charge on any atom is 0.261 e. The van der Waals surface area contributed by atoms with Crippen molar-refractivity contribution in [3.63, 3.8) is 0 Å². The third-order valence-corrected chi connectivity index (χ3v) is 4.51. The normalized spacial score (nSPS) is 17.8. The van der Waals surface area contributed by atoms with Crippen molar-refractivity contribution in [2.24, 2.45) is 0 Å². The summed E-state index contributed by atoms with van der Waals surface area (Å²) in [6.45, 7) is 3.22. The van der Waals surface area contributed by atoms with Crippen molar-refractivity contribution in [1.29, 1.82) is 0 Å². The minimum absolute atomic E-state index is 0. The largest absolute Gasteiger partial charge is 0.337 e. The van der Waals surface area contributed by atoms with E-state index in [2.05, 4.69) is 10.3 Å². The van der Waals surface area contributed by atoms with Crippen LogP contribution in [-0.4, -0.2) is 42.0 Å². The van der Waals surface area contributed by atoms with Crippen molar-refractivity contribution in [3.05, 3.63) is 45.7 Å². The van der Waals surface area contributed by atoms with Gasteiger partial charge in [-0.25, -0.2) is 0 Å². The van der Waals surface area contributed by atoms with Crippen LogP contribution in [0.25, 0.3) is 10.9 Å². The molecule has 3 rings (SSSR count). The summed E-state index contributed by atoms with van der Waals surface area (Å²) in [5.41, 5.74) is 1.51. The monoisotopic (exact) mass is 335 g/mol. The third kappa shape index (κ3) is 3.26. The molecule has 0 aliphatic carbocycles. The maximum atomic E-state index is 12.8. The summed E-state index contributed by atoms with van der Waals surface area (Å²) in [7, 11) is 1.91. The number of benzene rings is 1. The number of nitrogens with one attached hydrogen (secondary N) is 2. The van der Waals surface area contributed by atoms with Crippen molar-refractivity contribution in [1.82, 2.24) is 15.2 Å². The minimum Gasteiger partial charge on any atom is -0.337 e. The number of para-hydroxylation sites is 1. The molecule has 6 heteroatoms. The van der Waals surface area contributed by atoms with Gasteiger partial charge in [-0.1, -0.05) is 18.2 Å². The molecule has 1 aromatic carbocycles. The predicted molar refractivity (Wildman–Crippen MR) is 94.5 cm³/mol. The van der Waals surface area contributed by atoms with Crippen LogP contribution < -0.4 is 10.9 Å². The Labute approximate surface area is 141 Å². The van der Waals surface area contributed by atoms with Gasteiger partial charge >= 0.3 is 0 Å². The van der Waals surface area contributed by atoms with E-state index in [1.54, 1.807) is 4.90 Å². The topological polar surface area (TPSA) is 65.2 Å². The first-order valence-corrected chi connectivity index (χ1v) is 7.70. The number of likely N-dealkylation sites (N-methyl/N-ethyl adjacent to an activating group) is 1. The molecule has 1 amide bonds. The van der Waals surface area contributed by atoms with E-state index in [9.17, 15) is 9.59 Å². The highest BCUT2D eigenvalue weighted by atomic mass is 35.5. The highest BCUT2D eigenvalue weighted by Crippen LogP contribution is 2.19. The van der Waals surface area contributed by atoms with Gasteiger partial charge in [-0.15, -0.1) is 12.4 Å². The van der Waals surface area contributed by atoms with Gasteiger partial charge in [0, 0.05) is 30.0 Å². The van der Waals surface area contributed by atoms with Crippen LogP contribution in [0, 0.1) is 6.92 Å². The summed E-state index contributed by atoms with van der Waals surface area (Å²) in [5, 5.41) is 4.14. The second kappa shape index (κ2) is 7.15. The fraction of sp³-hybridized carbons (Fsp3) is 0.412. The molecule has 0 bridgehead atoms. The molecular weight excluding hydrogens is 314 g/mol. The number of nitrogens with zero attached hydrogens (tertiary/aromatic N) is 1. The molecule has 1 atom stereocenters. The second-order valence-electron chi connectivity index (χ2n) is 5.88. The number of aromatic nitrogens is 1. The van der Waals surface area contributed by atoms with Gasteiger partial charge in [0.1, 0.15) is 5.56 Å². The first-order valence-electron chi connectivity index (χ1n) is 7.70. The Kier molecular flexibility index (Phi) is 5.44. The highest BCUT2D eigenvalue weighted by molar-refractivity contribution is 5.99. The molecule has 1 aliphatic rings. The molecule has 1 fully saturated rings. The van der Waals surface area contributed by atoms with E-state index in [4.69, 9.17) is 0 Å². The highest BCUT2D eigenvalue weighted by Gasteiger charge is 2.26. The molecule has 1 saturated heterocycles. The fourth-order valence-electron chi connectivity index (χ4n) is 3.22. The number of amides is 1. The lowest BCUT2D eigenvalue weighted by molar-refractivity contribution is 0.0696. The second-order valence-corrected chi connectivity index (χ2v) is 5.88. The number of fused-ring (bicyclic) bond motifs is 1. The number of H-pyrrole nitrogens is 1. The average Bonchev–Trinajstić information content (AvgIpc) is 2.54. The molecule has 0 saturated carbocycles. The van der Waals surface area contributed by atoms with Crippen LogP contribution in [0.5, 0.6) is 0 Å². The molecule has 5 nitrogen and oxygen atoms in total. The van der Waals surface area contributed by atoms with Gasteiger partial charge in [-0.3, -0.25) is 9.59 Å². The van der Waals surface area contributed by atoms with E-state index in [1.165, 1.54) is 0 Å². The lowest BCUT2D eigenvalue weighted by Gasteiger charge is -2.32. The van der Waals surface area contributed by atoms with Gasteiger partial charge in [-0.05, 0) is 38.4 Å². The van der Waals surface area contributed by atoms with E-state index in [0.29, 0.717) is 19.1 Å². The number of pyridine rings is 1. The SMILES string of the molecule is CNC1CCCN(C(=O)c2c(C)c3ccccc3[nH]c2=O)C1.Cl. The zero-order chi connectivity index (χ0) is 15.7. The number of rotatable bonds is 2. The number of hydrogen-bond acceptors (Lipinski definition) is 3. The summed E-state index contributed by atoms with van der Waals surface area (Å²) in [5.74, 6) is -0.163. The zero-order valence-electron chi connectivity index (χ0n) is 13.4. The Morgan fingerprint density at radius 2 is 2.09 bits per heavy atom. The number of aromatic amines is 1. The first kappa shape index (κ1) is 17.5. The Balaban J connectivity index is 0.00000192. The Morgan fingerprint density at radius 3 is 2.83 bits per heavy atom. The number of hydrogen-bond donors (Lipinski definition) is 2. The van der Waals surface area contributed by atoms with Gasteiger partial charge in [0.25, 0.3) is 11.5 Å². The van der Waals surface area contributed by atoms with Crippen molar-refractivity contribution in [2.75, 3.05) is 20.1 Å². The number of carbonyl (C=O) groups excluding carboxylic acids is 1. The van der Waals surface area contributed by atoms with Crippen molar-refractivity contribution in [3.8, 4) is 0 Å². The van der Waals surface area contributed by atoms with E-state index in [-0.39, 0.29) is 29.4 Å². The molecule has 2 aromatic rings. The van der Waals surface area contributed by atoms with Crippen LogP contribution >= 0.6 is 12.4 Å². The van der Waals surface area contributed by atoms with Crippen molar-refractivity contribution in [2.45, 2.75) is 25.8 Å². The van der Waals surface area contributed by atoms with Crippen molar-refractivity contribution >= 4 is 29.2 Å². The number of halogens is 1. The molecule has 124 valence electrons. The van der Waals surface area contributed by atoms with Crippen LogP contribution in [0.2, 0.25) is 0 Å². The molecule has 1 aliphatic heterocycles. The summed E-state index contributed by atoms with van der Waals surface area (Å²) in [4.78, 5) is 29.8. The number of aryl methyl sites for hydroxylation is 1. The quantitative estimate of drug-likeness (QED) is 0.883. The smallest absolute Gasteiger partial charge is 0.261 e. The van der Waals surface area contributed by atoms with Gasteiger partial charge in [0.15, 0.2) is 0 Å². The summed E-state index contributed by atoms with van der Waals surface area (Å²) in [6, 6.07) is 7.89. The summed E-state index contributed by atoms with van der Waals surface area (Å²) in [6.07, 6.45) is 2.02. The van der Waals surface area contributed by atoms with E-state index < -0.39 is 0 Å². The number of carbonyl (C=O) groups is 1. The molecule has 2 N–H and O–H groups in total. The lowest BCUT2D eigenvalue weighted by atomic mass is 10.0. The summed E-state index contributed by atoms with van der Waals surface area (Å²) < 4.78 is 0. The Morgan fingerprint density at radius 1 is 1.35 bits per heavy atom. The standard InChI is InChI=1S/C17H21N3O2.ClH/c1-11-13-7-3-4-8-14(13)19-16(21)15(11)17(22)20-9-5-6-12(10-20)18-2;/h3-4,7-8,12,18H,5-6,9-10H2,1-2H3,(H,19,21);1H. The number of piperidine rings is 1. The lowest BCUT2D eigenvalue weighted by Crippen LogP contribution is -2.48. The average molecular weight is 336 g/mol. The molecule has 23 heavy (non-hydrogen) atoms. The Bertz CT molecular complexity index is 772. The number of likely N-dealkylation sites (tertiary alicyclic amines) is 1. The van der Waals surface area contributed by atoms with Crippen LogP contribution in [0.1, 0.15) is 28.8 Å². The van der Waals surface area contributed by atoms with Gasteiger partial charge in [-0.2, -0.15) is 0 Å². The fourth-order valence-corrected chi connectivity index (χ4v) is 3.22. The molecule has 0 radical (unpaired) electrons. The molecular formula is C17H22ClN3O2. The zero-order valence-corrected chi connectivity index (χ0v) is 14.2. The van der Waals surface area contributed by atoms with Crippen molar-refractivity contribution < 1.29 is 4.79 Å². The molecule has 1 unspecified atom stereocenters. The first-order chi connectivity index (χ1) is 10.6. The van der Waals surface area contributed by atoms with Crippen LogP contribution in [0.15, 0.2) is 29.1 Å². The van der Waals surface area contributed by atoms with Crippen LogP contribution in [0.4, 0.5) is 0 Å². The molecule has 0 spiro atoms. The summed E-state index contributed by atoms with van der Waals surface area (Å²) >= 11 is 0. The van der Waals surface area contributed by atoms with Gasteiger partial charge < -0.3 is 15.2 Å². The third-order valence-electron chi connectivity index (χ3n) is 4.51. The van der Waals surface area contributed by atoms with Gasteiger partial charge in [0.05, 0.1) is 0 Å². The minimum atomic E-state index is -0.298. The predicted octanol–water partition coefficient (Wildman–Crippen LogP) is 2.08. The van der Waals surface area contributed by atoms with Gasteiger partial charge in [0.2, 0.25) is 0 Å². The van der Waals surface area contributed by atoms with E-state index in [0.717, 1.165) is 29.3 Å². The van der Waals surface area contributed by atoms with E-state index in [1.807, 2.05) is 38.2 Å². The molecule has 1 aromatic heterocycles. The van der Waals surface area contributed by atoms with Crippen LogP contribution in [0.3, 0.4) is 0 Å². The maximum absolute atomic E-state index is 12.8. The Hall–Kier alpha value is -1.85. The van der Waals surface area contributed by atoms with E-state index >= 15 is 0 Å². The molecule has 2 heterocycles. The van der Waals surface area contributed by atoms with Crippen LogP contribution in [-0.2, 0) is 0 Å².